The van der Waals surface area contributed by atoms with Crippen molar-refractivity contribution in [3.05, 3.63) is 30.3 Å². The molecule has 3 heteroatoms. The van der Waals surface area contributed by atoms with E-state index in [-0.39, 0.29) is 6.54 Å². The minimum atomic E-state index is -0.755. The molecule has 1 N–H and O–H groups in total. The Morgan fingerprint density at radius 2 is 1.95 bits per heavy atom. The van der Waals surface area contributed by atoms with Gasteiger partial charge >= 0.3 is 5.97 Å². The number of carbonyl (C=O) groups is 1. The summed E-state index contributed by atoms with van der Waals surface area (Å²) in [6, 6.07) is 10.3. The Labute approximate surface area is 115 Å². The van der Waals surface area contributed by atoms with Crippen molar-refractivity contribution < 1.29 is 9.90 Å². The topological polar surface area (TPSA) is 40.5 Å². The first kappa shape index (κ1) is 13.9. The molecule has 0 heterocycles. The summed E-state index contributed by atoms with van der Waals surface area (Å²) in [4.78, 5) is 13.2. The molecule has 1 aromatic carbocycles. The summed E-state index contributed by atoms with van der Waals surface area (Å²) in [5, 5.41) is 9.19. The number of aliphatic carboxylic acids is 1. The molecule has 0 amide bonds. The summed E-state index contributed by atoms with van der Waals surface area (Å²) < 4.78 is 0. The zero-order chi connectivity index (χ0) is 13.8. The van der Waals surface area contributed by atoms with Crippen LogP contribution < -0.4 is 4.90 Å². The number of hydrogen-bond acceptors (Lipinski definition) is 2. The van der Waals surface area contributed by atoms with Gasteiger partial charge in [-0.25, -0.2) is 0 Å². The van der Waals surface area contributed by atoms with Gasteiger partial charge in [0.05, 0.1) is 0 Å². The molecule has 2 rings (SSSR count). The summed E-state index contributed by atoms with van der Waals surface area (Å²) in [5.74, 6) is 0.478. The number of para-hydroxylation sites is 1. The van der Waals surface area contributed by atoms with Crippen LogP contribution in [0.5, 0.6) is 0 Å². The maximum atomic E-state index is 11.2. The predicted molar refractivity (Wildman–Crippen MR) is 77.4 cm³/mol. The number of carboxylic acid groups (broad SMARTS) is 1. The predicted octanol–water partition coefficient (Wildman–Crippen LogP) is 3.40. The molecular formula is C16H23NO2. The Morgan fingerprint density at radius 1 is 1.26 bits per heavy atom. The summed E-state index contributed by atoms with van der Waals surface area (Å²) in [5.41, 5.74) is 1.02. The van der Waals surface area contributed by atoms with Crippen molar-refractivity contribution in [3.8, 4) is 0 Å². The molecule has 0 aliphatic heterocycles. The zero-order valence-corrected chi connectivity index (χ0v) is 11.7. The lowest BCUT2D eigenvalue weighted by molar-refractivity contribution is -0.135. The van der Waals surface area contributed by atoms with E-state index >= 15 is 0 Å². The Bertz CT molecular complexity index is 418. The van der Waals surface area contributed by atoms with Crippen molar-refractivity contribution in [1.29, 1.82) is 0 Å². The van der Waals surface area contributed by atoms with Crippen molar-refractivity contribution in [2.45, 2.75) is 39.2 Å². The normalized spacial score (nSPS) is 26.9. The molecule has 0 radical (unpaired) electrons. The van der Waals surface area contributed by atoms with Crippen LogP contribution in [-0.2, 0) is 4.79 Å². The minimum absolute atomic E-state index is 0.0890. The van der Waals surface area contributed by atoms with Crippen LogP contribution in [0.1, 0.15) is 33.1 Å². The molecule has 1 aromatic rings. The first-order chi connectivity index (χ1) is 9.08. The SMILES string of the molecule is CC1CCC(C)C(N(CC(=O)O)c2ccccc2)C1. The third-order valence-corrected chi connectivity index (χ3v) is 4.21. The van der Waals surface area contributed by atoms with Crippen LogP contribution in [0, 0.1) is 11.8 Å². The van der Waals surface area contributed by atoms with E-state index in [1.54, 1.807) is 0 Å². The lowest BCUT2D eigenvalue weighted by Crippen LogP contribution is -2.45. The third kappa shape index (κ3) is 3.49. The lowest BCUT2D eigenvalue weighted by atomic mass is 9.79. The van der Waals surface area contributed by atoms with Gasteiger partial charge in [-0.15, -0.1) is 0 Å². The highest BCUT2D eigenvalue weighted by molar-refractivity contribution is 5.74. The second kappa shape index (κ2) is 6.09. The van der Waals surface area contributed by atoms with E-state index in [1.165, 1.54) is 12.8 Å². The number of anilines is 1. The van der Waals surface area contributed by atoms with E-state index in [1.807, 2.05) is 30.3 Å². The van der Waals surface area contributed by atoms with Crippen molar-refractivity contribution in [2.75, 3.05) is 11.4 Å². The van der Waals surface area contributed by atoms with Crippen molar-refractivity contribution in [2.24, 2.45) is 11.8 Å². The van der Waals surface area contributed by atoms with Gasteiger partial charge in [-0.1, -0.05) is 38.5 Å². The standard InChI is InChI=1S/C16H23NO2/c1-12-8-9-13(2)15(10-12)17(11-16(18)19)14-6-4-3-5-7-14/h3-7,12-13,15H,8-11H2,1-2H3,(H,18,19). The fourth-order valence-electron chi connectivity index (χ4n) is 3.10. The molecule has 1 aliphatic rings. The molecule has 104 valence electrons. The van der Waals surface area contributed by atoms with Crippen LogP contribution in [0.15, 0.2) is 30.3 Å². The Morgan fingerprint density at radius 3 is 2.58 bits per heavy atom. The number of rotatable bonds is 4. The number of nitrogens with zero attached hydrogens (tertiary/aromatic N) is 1. The highest BCUT2D eigenvalue weighted by Gasteiger charge is 2.31. The van der Waals surface area contributed by atoms with Gasteiger partial charge in [0.25, 0.3) is 0 Å². The van der Waals surface area contributed by atoms with Crippen LogP contribution in [0.25, 0.3) is 0 Å². The Hall–Kier alpha value is -1.51. The quantitative estimate of drug-likeness (QED) is 0.903. The first-order valence-corrected chi connectivity index (χ1v) is 7.11. The van der Waals surface area contributed by atoms with E-state index in [4.69, 9.17) is 0 Å². The lowest BCUT2D eigenvalue weighted by Gasteiger charge is -2.41. The van der Waals surface area contributed by atoms with E-state index in [2.05, 4.69) is 18.7 Å². The summed E-state index contributed by atoms with van der Waals surface area (Å²) in [7, 11) is 0. The van der Waals surface area contributed by atoms with Gasteiger partial charge in [0.1, 0.15) is 6.54 Å². The molecule has 19 heavy (non-hydrogen) atoms. The van der Waals surface area contributed by atoms with E-state index in [0.29, 0.717) is 17.9 Å². The fourth-order valence-corrected chi connectivity index (χ4v) is 3.10. The molecule has 3 nitrogen and oxygen atoms in total. The number of carboxylic acids is 1. The van der Waals surface area contributed by atoms with Crippen molar-refractivity contribution in [3.63, 3.8) is 0 Å². The van der Waals surface area contributed by atoms with E-state index < -0.39 is 5.97 Å². The highest BCUT2D eigenvalue weighted by Crippen LogP contribution is 2.34. The van der Waals surface area contributed by atoms with E-state index in [9.17, 15) is 9.90 Å². The third-order valence-electron chi connectivity index (χ3n) is 4.21. The van der Waals surface area contributed by atoms with Gasteiger partial charge < -0.3 is 10.0 Å². The molecule has 0 spiro atoms. The summed E-state index contributed by atoms with van der Waals surface area (Å²) in [6.45, 7) is 4.60. The fraction of sp³-hybridized carbons (Fsp3) is 0.562. The van der Waals surface area contributed by atoms with E-state index in [0.717, 1.165) is 12.1 Å². The Balaban J connectivity index is 2.24. The van der Waals surface area contributed by atoms with Crippen LogP contribution in [0.3, 0.4) is 0 Å². The van der Waals surface area contributed by atoms with Crippen LogP contribution >= 0.6 is 0 Å². The second-order valence-electron chi connectivity index (χ2n) is 5.82. The minimum Gasteiger partial charge on any atom is -0.480 e. The molecule has 1 fully saturated rings. The molecule has 3 atom stereocenters. The smallest absolute Gasteiger partial charge is 0.323 e. The highest BCUT2D eigenvalue weighted by atomic mass is 16.4. The molecule has 1 saturated carbocycles. The molecule has 0 saturated heterocycles. The largest absolute Gasteiger partial charge is 0.480 e. The van der Waals surface area contributed by atoms with Gasteiger partial charge in [0.15, 0.2) is 0 Å². The summed E-state index contributed by atoms with van der Waals surface area (Å²) >= 11 is 0. The summed E-state index contributed by atoms with van der Waals surface area (Å²) in [6.07, 6.45) is 3.53. The van der Waals surface area contributed by atoms with Crippen LogP contribution in [0.4, 0.5) is 5.69 Å². The molecule has 0 bridgehead atoms. The number of hydrogen-bond donors (Lipinski definition) is 1. The number of benzene rings is 1. The molecule has 3 unspecified atom stereocenters. The zero-order valence-electron chi connectivity index (χ0n) is 11.7. The van der Waals surface area contributed by atoms with Crippen molar-refractivity contribution >= 4 is 11.7 Å². The van der Waals surface area contributed by atoms with Gasteiger partial charge in [0, 0.05) is 11.7 Å². The molecule has 1 aliphatic carbocycles. The van der Waals surface area contributed by atoms with Gasteiger partial charge in [-0.2, -0.15) is 0 Å². The van der Waals surface area contributed by atoms with Crippen molar-refractivity contribution in [1.82, 2.24) is 0 Å². The molecule has 0 aromatic heterocycles. The maximum absolute atomic E-state index is 11.2. The van der Waals surface area contributed by atoms with Gasteiger partial charge in [-0.3, -0.25) is 4.79 Å². The maximum Gasteiger partial charge on any atom is 0.323 e. The van der Waals surface area contributed by atoms with Gasteiger partial charge in [0.2, 0.25) is 0 Å². The van der Waals surface area contributed by atoms with Gasteiger partial charge in [-0.05, 0) is 36.8 Å². The Kier molecular flexibility index (Phi) is 4.46. The monoisotopic (exact) mass is 261 g/mol. The average molecular weight is 261 g/mol. The second-order valence-corrected chi connectivity index (χ2v) is 5.82. The first-order valence-electron chi connectivity index (χ1n) is 7.11. The van der Waals surface area contributed by atoms with Crippen LogP contribution in [0.2, 0.25) is 0 Å². The average Bonchev–Trinajstić information content (AvgIpc) is 2.40. The molecular weight excluding hydrogens is 238 g/mol. The van der Waals surface area contributed by atoms with Crippen LogP contribution in [-0.4, -0.2) is 23.7 Å².